The van der Waals surface area contributed by atoms with Crippen molar-refractivity contribution in [3.8, 4) is 16.9 Å². The van der Waals surface area contributed by atoms with Crippen molar-refractivity contribution in [3.63, 3.8) is 0 Å². The van der Waals surface area contributed by atoms with E-state index in [1.54, 1.807) is 24.4 Å². The van der Waals surface area contributed by atoms with Crippen LogP contribution in [0.5, 0.6) is 0 Å². The van der Waals surface area contributed by atoms with E-state index in [2.05, 4.69) is 39.1 Å². The molecule has 2 aromatic heterocycles. The molecular weight excluding hydrogens is 617 g/mol. The molecule has 254 valence electrons. The standard InChI is InChI=1S/C31H40ClFN8O.C4H9N/c1-3-6-26(37-13-5-14-38-30(35)36)21-9-11-23(12-10-21)41-18-22-17-27(39-29(22)40-31(41)42)24-15-20(8-4-7-19(2)34)16-25(32)28(24)33;1-5-3-2-4-5/h9-12,15-19,26,37H,3-8,13-14,34H2,1-2H3,(H4,35,36,38)(H,39,40,42);2-4H2,1H3. The van der Waals surface area contributed by atoms with Crippen LogP contribution in [-0.4, -0.2) is 64.7 Å². The maximum absolute atomic E-state index is 15.1. The lowest BCUT2D eigenvalue weighted by molar-refractivity contribution is 0.229. The van der Waals surface area contributed by atoms with Crippen LogP contribution in [0.2, 0.25) is 5.02 Å². The van der Waals surface area contributed by atoms with Crippen molar-refractivity contribution in [2.45, 2.75) is 70.9 Å². The minimum Gasteiger partial charge on any atom is -0.370 e. The van der Waals surface area contributed by atoms with Crippen LogP contribution < -0.4 is 28.2 Å². The van der Waals surface area contributed by atoms with E-state index in [1.165, 1.54) is 24.1 Å². The average molecular weight is 666 g/mol. The van der Waals surface area contributed by atoms with Gasteiger partial charge >= 0.3 is 5.69 Å². The molecule has 2 unspecified atom stereocenters. The monoisotopic (exact) mass is 665 g/mol. The predicted molar refractivity (Wildman–Crippen MR) is 192 cm³/mol. The highest BCUT2D eigenvalue weighted by Crippen LogP contribution is 2.31. The van der Waals surface area contributed by atoms with E-state index >= 15 is 4.39 Å². The maximum atomic E-state index is 15.1. The molecule has 1 fully saturated rings. The number of nitrogens with zero attached hydrogens (tertiary/aromatic N) is 4. The smallest absolute Gasteiger partial charge is 0.354 e. The van der Waals surface area contributed by atoms with E-state index in [9.17, 15) is 4.79 Å². The van der Waals surface area contributed by atoms with Crippen LogP contribution in [0.25, 0.3) is 28.0 Å². The topological polar surface area (TPSA) is 156 Å². The van der Waals surface area contributed by atoms with Crippen LogP contribution in [-0.2, 0) is 6.42 Å². The largest absolute Gasteiger partial charge is 0.370 e. The number of aromatic nitrogens is 3. The summed E-state index contributed by atoms with van der Waals surface area (Å²) in [7, 11) is 2.14. The summed E-state index contributed by atoms with van der Waals surface area (Å²) in [4.78, 5) is 26.7. The quantitative estimate of drug-likeness (QED) is 0.0699. The van der Waals surface area contributed by atoms with E-state index in [4.69, 9.17) is 28.8 Å². The first-order valence-electron chi connectivity index (χ1n) is 16.5. The molecule has 0 spiro atoms. The fourth-order valence-corrected chi connectivity index (χ4v) is 5.76. The second-order valence-electron chi connectivity index (χ2n) is 12.4. The summed E-state index contributed by atoms with van der Waals surface area (Å²) in [5.74, 6) is -0.416. The van der Waals surface area contributed by atoms with Crippen molar-refractivity contribution in [1.29, 1.82) is 0 Å². The number of H-pyrrole nitrogens is 1. The zero-order valence-corrected chi connectivity index (χ0v) is 28.5. The molecule has 0 saturated carbocycles. The number of aliphatic imine (C=N–C) groups is 1. The molecule has 5 rings (SSSR count). The van der Waals surface area contributed by atoms with Gasteiger partial charge in [-0.3, -0.25) is 9.56 Å². The second kappa shape index (κ2) is 17.4. The van der Waals surface area contributed by atoms with Crippen molar-refractivity contribution in [2.24, 2.45) is 22.2 Å². The highest BCUT2D eigenvalue weighted by molar-refractivity contribution is 6.31. The number of nitrogens with two attached hydrogens (primary N) is 3. The minimum absolute atomic E-state index is 0.0548. The van der Waals surface area contributed by atoms with Crippen molar-refractivity contribution in [3.05, 3.63) is 81.1 Å². The first kappa shape index (κ1) is 36.1. The van der Waals surface area contributed by atoms with Crippen LogP contribution in [0.4, 0.5) is 4.39 Å². The molecule has 1 saturated heterocycles. The van der Waals surface area contributed by atoms with Crippen LogP contribution in [0.3, 0.4) is 0 Å². The van der Waals surface area contributed by atoms with Gasteiger partial charge in [0.05, 0.1) is 16.4 Å². The molecule has 2 atom stereocenters. The number of rotatable bonds is 14. The lowest BCUT2D eigenvalue weighted by Gasteiger charge is -2.24. The minimum atomic E-state index is -0.517. The van der Waals surface area contributed by atoms with Gasteiger partial charge in [-0.1, -0.05) is 37.1 Å². The molecule has 10 nitrogen and oxygen atoms in total. The number of benzene rings is 2. The van der Waals surface area contributed by atoms with E-state index < -0.39 is 11.5 Å². The highest BCUT2D eigenvalue weighted by atomic mass is 35.5. The summed E-state index contributed by atoms with van der Waals surface area (Å²) < 4.78 is 16.6. The summed E-state index contributed by atoms with van der Waals surface area (Å²) >= 11 is 6.25. The second-order valence-corrected chi connectivity index (χ2v) is 12.8. The Kier molecular flexibility index (Phi) is 13.4. The Morgan fingerprint density at radius 1 is 1.15 bits per heavy atom. The molecule has 0 amide bonds. The zero-order valence-electron chi connectivity index (χ0n) is 27.7. The third-order valence-corrected chi connectivity index (χ3v) is 8.54. The average Bonchev–Trinajstić information content (AvgIpc) is 3.43. The molecule has 0 radical (unpaired) electrons. The Labute approximate surface area is 281 Å². The van der Waals surface area contributed by atoms with E-state index in [0.717, 1.165) is 56.2 Å². The normalized spacial score (nSPS) is 14.3. The van der Waals surface area contributed by atoms with Gasteiger partial charge in [-0.15, -0.1) is 0 Å². The lowest BCUT2D eigenvalue weighted by Crippen LogP contribution is -2.32. The Bertz CT molecular complexity index is 1680. The van der Waals surface area contributed by atoms with Gasteiger partial charge in [-0.2, -0.15) is 4.98 Å². The van der Waals surface area contributed by atoms with Gasteiger partial charge in [-0.25, -0.2) is 9.18 Å². The summed E-state index contributed by atoms with van der Waals surface area (Å²) in [5, 5.41) is 4.30. The van der Waals surface area contributed by atoms with Gasteiger partial charge < -0.3 is 32.4 Å². The lowest BCUT2D eigenvalue weighted by atomic mass is 10.0. The summed E-state index contributed by atoms with van der Waals surface area (Å²) in [6.07, 6.45) is 8.42. The Morgan fingerprint density at radius 2 is 1.87 bits per heavy atom. The first-order valence-corrected chi connectivity index (χ1v) is 16.9. The summed E-state index contributed by atoms with van der Waals surface area (Å²) in [6, 6.07) is 13.4. The number of hydrogen-bond acceptors (Lipinski definition) is 6. The first-order chi connectivity index (χ1) is 22.5. The van der Waals surface area contributed by atoms with Gasteiger partial charge in [0.1, 0.15) is 5.65 Å². The molecule has 0 aliphatic carbocycles. The number of fused-ring (bicyclic) bond motifs is 1. The van der Waals surface area contributed by atoms with Gasteiger partial charge in [0.15, 0.2) is 11.8 Å². The SMILES string of the molecule is CCCC(NCCCN=C(N)N)c1ccc(-n2cc3cc(-c4cc(CCCC(C)N)cc(Cl)c4F)[nH]c3nc2=O)cc1.CN1CCC1. The zero-order chi connectivity index (χ0) is 33.9. The van der Waals surface area contributed by atoms with Crippen molar-refractivity contribution < 1.29 is 4.39 Å². The number of hydrogen-bond donors (Lipinski definition) is 5. The summed E-state index contributed by atoms with van der Waals surface area (Å²) in [5.41, 5.74) is 20.2. The molecule has 12 heteroatoms. The van der Waals surface area contributed by atoms with Crippen LogP contribution >= 0.6 is 11.6 Å². The molecule has 4 aromatic rings. The molecule has 3 heterocycles. The van der Waals surface area contributed by atoms with Gasteiger partial charge in [-0.05, 0) is 114 Å². The Morgan fingerprint density at radius 3 is 2.49 bits per heavy atom. The van der Waals surface area contributed by atoms with Crippen molar-refractivity contribution >= 4 is 28.6 Å². The molecule has 1 aliphatic rings. The molecule has 2 aromatic carbocycles. The summed E-state index contributed by atoms with van der Waals surface area (Å²) in [6.45, 7) is 8.10. The maximum Gasteiger partial charge on any atom is 0.354 e. The van der Waals surface area contributed by atoms with Crippen molar-refractivity contribution in [1.82, 2.24) is 24.8 Å². The third kappa shape index (κ3) is 10.4. The van der Waals surface area contributed by atoms with E-state index in [1.807, 2.05) is 31.2 Å². The van der Waals surface area contributed by atoms with Gasteiger partial charge in [0.25, 0.3) is 0 Å². The van der Waals surface area contributed by atoms with Gasteiger partial charge in [0, 0.05) is 35.8 Å². The van der Waals surface area contributed by atoms with Crippen LogP contribution in [0.15, 0.2) is 58.4 Å². The predicted octanol–water partition coefficient (Wildman–Crippen LogP) is 5.26. The number of halogens is 2. The molecule has 0 bridgehead atoms. The number of aromatic amines is 1. The number of nitrogens with one attached hydrogen (secondary N) is 2. The number of guanidine groups is 1. The van der Waals surface area contributed by atoms with Gasteiger partial charge in [0.2, 0.25) is 0 Å². The van der Waals surface area contributed by atoms with Crippen molar-refractivity contribution in [2.75, 3.05) is 33.2 Å². The fraction of sp³-hybridized carbons (Fsp3) is 0.457. The molecule has 8 N–H and O–H groups in total. The Hall–Kier alpha value is -3.77. The number of aryl methyl sites for hydroxylation is 1. The number of likely N-dealkylation sites (tertiary alicyclic amines) is 1. The molecule has 1 aliphatic heterocycles. The van der Waals surface area contributed by atoms with E-state index in [-0.39, 0.29) is 23.1 Å². The fourth-order valence-electron chi connectivity index (χ4n) is 5.52. The highest BCUT2D eigenvalue weighted by Gasteiger charge is 2.16. The third-order valence-electron chi connectivity index (χ3n) is 8.26. The van der Waals surface area contributed by atoms with Crippen LogP contribution in [0.1, 0.15) is 69.5 Å². The molecular formula is C35H49ClFN9O. The molecule has 47 heavy (non-hydrogen) atoms. The van der Waals surface area contributed by atoms with Crippen LogP contribution in [0, 0.1) is 5.82 Å². The Balaban J connectivity index is 0.000000912. The van der Waals surface area contributed by atoms with E-state index in [0.29, 0.717) is 34.5 Å².